The molecule has 1 N–H and O–H groups in total. The molecule has 1 aliphatic rings. The number of carbonyl (C=O) groups is 1. The predicted molar refractivity (Wildman–Crippen MR) is 58.0 cm³/mol. The van der Waals surface area contributed by atoms with Crippen LogP contribution in [0.15, 0.2) is 23.8 Å². The molecule has 0 aromatic rings. The Hall–Kier alpha value is -1.09. The van der Waals surface area contributed by atoms with Crippen LogP contribution in [-0.2, 0) is 4.79 Å². The van der Waals surface area contributed by atoms with Gasteiger partial charge in [0, 0.05) is 12.1 Å². The Bertz CT molecular complexity index is 254. The molecule has 0 unspecified atom stereocenters. The van der Waals surface area contributed by atoms with Crippen molar-refractivity contribution in [2.75, 3.05) is 27.2 Å². The van der Waals surface area contributed by atoms with Gasteiger partial charge in [0.05, 0.1) is 0 Å². The molecule has 0 fully saturated rings. The molecule has 0 atom stereocenters. The number of carbonyl (C=O) groups excluding carboxylic acids is 1. The maximum absolute atomic E-state index is 11.5. The standard InChI is InChI=1S/C11H18N2O/c1-13(2)9-5-8-12-11(14)10-6-3-4-7-10/h3-4,6H,5,7-9H2,1-2H3,(H,12,14). The molecule has 78 valence electrons. The molecule has 0 heterocycles. The van der Waals surface area contributed by atoms with Crippen molar-refractivity contribution in [3.05, 3.63) is 23.8 Å². The van der Waals surface area contributed by atoms with Crippen LogP contribution < -0.4 is 5.32 Å². The molecule has 1 amide bonds. The Balaban J connectivity index is 2.10. The molecule has 0 saturated carbocycles. The summed E-state index contributed by atoms with van der Waals surface area (Å²) in [4.78, 5) is 13.6. The Kier molecular flexibility index (Phi) is 4.40. The van der Waals surface area contributed by atoms with Gasteiger partial charge in [-0.15, -0.1) is 0 Å². The van der Waals surface area contributed by atoms with Gasteiger partial charge in [-0.2, -0.15) is 0 Å². The number of nitrogens with zero attached hydrogens (tertiary/aromatic N) is 1. The van der Waals surface area contributed by atoms with E-state index in [2.05, 4.69) is 10.2 Å². The second kappa shape index (κ2) is 5.60. The van der Waals surface area contributed by atoms with Crippen molar-refractivity contribution in [3.8, 4) is 0 Å². The summed E-state index contributed by atoms with van der Waals surface area (Å²) in [6.45, 7) is 1.77. The van der Waals surface area contributed by atoms with Gasteiger partial charge in [-0.05, 0) is 33.5 Å². The van der Waals surface area contributed by atoms with Gasteiger partial charge in [-0.1, -0.05) is 18.2 Å². The highest BCUT2D eigenvalue weighted by atomic mass is 16.1. The SMILES string of the molecule is CN(C)CCCNC(=O)C1=CC=CC1. The minimum absolute atomic E-state index is 0.0776. The van der Waals surface area contributed by atoms with Crippen LogP contribution in [-0.4, -0.2) is 38.0 Å². The minimum Gasteiger partial charge on any atom is -0.352 e. The lowest BCUT2D eigenvalue weighted by Gasteiger charge is -2.09. The summed E-state index contributed by atoms with van der Waals surface area (Å²) in [5, 5.41) is 2.91. The molecule has 3 nitrogen and oxygen atoms in total. The molecule has 14 heavy (non-hydrogen) atoms. The first-order valence-electron chi connectivity index (χ1n) is 4.99. The molecule has 3 heteroatoms. The van der Waals surface area contributed by atoms with E-state index < -0.39 is 0 Å². The van der Waals surface area contributed by atoms with Crippen LogP contribution in [0.2, 0.25) is 0 Å². The van der Waals surface area contributed by atoms with Crippen molar-refractivity contribution >= 4 is 5.91 Å². The number of hydrogen-bond acceptors (Lipinski definition) is 2. The van der Waals surface area contributed by atoms with Gasteiger partial charge in [-0.25, -0.2) is 0 Å². The Morgan fingerprint density at radius 2 is 2.36 bits per heavy atom. The molecular weight excluding hydrogens is 176 g/mol. The van der Waals surface area contributed by atoms with Gasteiger partial charge in [0.2, 0.25) is 5.91 Å². The van der Waals surface area contributed by atoms with Gasteiger partial charge in [0.15, 0.2) is 0 Å². The summed E-state index contributed by atoms with van der Waals surface area (Å²) < 4.78 is 0. The van der Waals surface area contributed by atoms with Crippen LogP contribution >= 0.6 is 0 Å². The second-order valence-electron chi connectivity index (χ2n) is 3.74. The summed E-state index contributed by atoms with van der Waals surface area (Å²) in [5.74, 6) is 0.0776. The van der Waals surface area contributed by atoms with Gasteiger partial charge in [0.25, 0.3) is 0 Å². The zero-order chi connectivity index (χ0) is 10.4. The first-order valence-corrected chi connectivity index (χ1v) is 4.99. The van der Waals surface area contributed by atoms with Crippen molar-refractivity contribution in [2.45, 2.75) is 12.8 Å². The average Bonchev–Trinajstić information content (AvgIpc) is 2.64. The van der Waals surface area contributed by atoms with E-state index in [1.165, 1.54) is 0 Å². The fourth-order valence-corrected chi connectivity index (χ4v) is 1.33. The fraction of sp³-hybridized carbons (Fsp3) is 0.545. The molecule has 0 radical (unpaired) electrons. The molecule has 0 aromatic heterocycles. The highest BCUT2D eigenvalue weighted by Gasteiger charge is 2.08. The average molecular weight is 194 g/mol. The first-order chi connectivity index (χ1) is 6.70. The van der Waals surface area contributed by atoms with E-state index in [0.717, 1.165) is 31.5 Å². The monoisotopic (exact) mass is 194 g/mol. The van der Waals surface area contributed by atoms with Gasteiger partial charge in [0.1, 0.15) is 0 Å². The van der Waals surface area contributed by atoms with E-state index in [9.17, 15) is 4.79 Å². The Morgan fingerprint density at radius 3 is 2.93 bits per heavy atom. The van der Waals surface area contributed by atoms with Crippen molar-refractivity contribution < 1.29 is 4.79 Å². The zero-order valence-electron chi connectivity index (χ0n) is 8.92. The Morgan fingerprint density at radius 1 is 1.57 bits per heavy atom. The van der Waals surface area contributed by atoms with Crippen LogP contribution in [0.4, 0.5) is 0 Å². The van der Waals surface area contributed by atoms with E-state index in [0.29, 0.717) is 0 Å². The van der Waals surface area contributed by atoms with E-state index in [1.807, 2.05) is 32.3 Å². The smallest absolute Gasteiger partial charge is 0.247 e. The first kappa shape index (κ1) is 11.0. The lowest BCUT2D eigenvalue weighted by molar-refractivity contribution is -0.117. The number of hydrogen-bond donors (Lipinski definition) is 1. The number of rotatable bonds is 5. The second-order valence-corrected chi connectivity index (χ2v) is 3.74. The molecule has 0 aliphatic heterocycles. The van der Waals surface area contributed by atoms with Gasteiger partial charge in [-0.3, -0.25) is 4.79 Å². The molecule has 0 bridgehead atoms. The zero-order valence-corrected chi connectivity index (χ0v) is 8.92. The lowest BCUT2D eigenvalue weighted by Crippen LogP contribution is -2.27. The summed E-state index contributed by atoms with van der Waals surface area (Å²) in [5.41, 5.74) is 0.870. The third-order valence-corrected chi connectivity index (χ3v) is 2.13. The minimum atomic E-state index is 0.0776. The number of nitrogens with one attached hydrogen (secondary N) is 1. The summed E-state index contributed by atoms with van der Waals surface area (Å²) in [6, 6.07) is 0. The van der Waals surface area contributed by atoms with Crippen molar-refractivity contribution in [1.82, 2.24) is 10.2 Å². The third-order valence-electron chi connectivity index (χ3n) is 2.13. The normalized spacial score (nSPS) is 14.6. The van der Waals surface area contributed by atoms with E-state index in [4.69, 9.17) is 0 Å². The maximum atomic E-state index is 11.5. The fourth-order valence-electron chi connectivity index (χ4n) is 1.33. The molecular formula is C11H18N2O. The summed E-state index contributed by atoms with van der Waals surface area (Å²) in [7, 11) is 4.07. The lowest BCUT2D eigenvalue weighted by atomic mass is 10.2. The number of amides is 1. The van der Waals surface area contributed by atoms with Gasteiger partial charge < -0.3 is 10.2 Å². The quantitative estimate of drug-likeness (QED) is 0.661. The van der Waals surface area contributed by atoms with E-state index >= 15 is 0 Å². The molecule has 1 rings (SSSR count). The van der Waals surface area contributed by atoms with Crippen molar-refractivity contribution in [2.24, 2.45) is 0 Å². The molecule has 0 spiro atoms. The van der Waals surface area contributed by atoms with Crippen molar-refractivity contribution in [1.29, 1.82) is 0 Å². The Labute approximate surface area is 85.5 Å². The van der Waals surface area contributed by atoms with Crippen LogP contribution in [0.25, 0.3) is 0 Å². The van der Waals surface area contributed by atoms with Crippen LogP contribution in [0.5, 0.6) is 0 Å². The topological polar surface area (TPSA) is 32.3 Å². The predicted octanol–water partition coefficient (Wildman–Crippen LogP) is 0.941. The highest BCUT2D eigenvalue weighted by Crippen LogP contribution is 2.09. The van der Waals surface area contributed by atoms with Crippen molar-refractivity contribution in [3.63, 3.8) is 0 Å². The molecule has 0 saturated heterocycles. The van der Waals surface area contributed by atoms with Crippen LogP contribution in [0, 0.1) is 0 Å². The highest BCUT2D eigenvalue weighted by molar-refractivity contribution is 5.94. The van der Waals surface area contributed by atoms with Crippen LogP contribution in [0.3, 0.4) is 0 Å². The third kappa shape index (κ3) is 3.75. The number of allylic oxidation sites excluding steroid dienone is 3. The largest absolute Gasteiger partial charge is 0.352 e. The summed E-state index contributed by atoms with van der Waals surface area (Å²) in [6.07, 6.45) is 7.57. The molecule has 0 aromatic carbocycles. The molecule has 1 aliphatic carbocycles. The van der Waals surface area contributed by atoms with E-state index in [1.54, 1.807) is 0 Å². The van der Waals surface area contributed by atoms with E-state index in [-0.39, 0.29) is 5.91 Å². The summed E-state index contributed by atoms with van der Waals surface area (Å²) >= 11 is 0. The maximum Gasteiger partial charge on any atom is 0.247 e. The van der Waals surface area contributed by atoms with Crippen LogP contribution in [0.1, 0.15) is 12.8 Å². The van der Waals surface area contributed by atoms with Gasteiger partial charge >= 0.3 is 0 Å².